The number of amides is 1. The summed E-state index contributed by atoms with van der Waals surface area (Å²) in [7, 11) is 4.00. The summed E-state index contributed by atoms with van der Waals surface area (Å²) in [6.45, 7) is 1.89. The largest absolute Gasteiger partial charge is 0.378 e. The number of anilines is 3. The number of benzene rings is 2. The molecule has 0 bridgehead atoms. The van der Waals surface area contributed by atoms with Crippen LogP contribution in [0.5, 0.6) is 0 Å². The second-order valence-corrected chi connectivity index (χ2v) is 6.90. The Labute approximate surface area is 163 Å². The van der Waals surface area contributed by atoms with Gasteiger partial charge >= 0.3 is 0 Å². The van der Waals surface area contributed by atoms with Crippen LogP contribution in [0.15, 0.2) is 72.2 Å². The maximum atomic E-state index is 13.2. The molecule has 7 nitrogen and oxygen atoms in total. The van der Waals surface area contributed by atoms with Crippen LogP contribution in [0.2, 0.25) is 0 Å². The number of rotatable bonds is 4. The van der Waals surface area contributed by atoms with Crippen molar-refractivity contribution >= 4 is 23.2 Å². The zero-order valence-electron chi connectivity index (χ0n) is 16.0. The maximum Gasteiger partial charge on any atom is 0.255 e. The molecule has 0 spiro atoms. The van der Waals surface area contributed by atoms with E-state index < -0.39 is 0 Å². The molecule has 0 saturated carbocycles. The average molecular weight is 374 g/mol. The lowest BCUT2D eigenvalue weighted by atomic mass is 9.94. The summed E-state index contributed by atoms with van der Waals surface area (Å²) >= 11 is 0. The number of hydrogen-bond donors (Lipinski definition) is 2. The highest BCUT2D eigenvalue weighted by molar-refractivity contribution is 6.06. The first-order valence-corrected chi connectivity index (χ1v) is 9.05. The van der Waals surface area contributed by atoms with Gasteiger partial charge in [0.2, 0.25) is 5.95 Å². The Morgan fingerprint density at radius 1 is 1.11 bits per heavy atom. The SMILES string of the molecule is CC1=C(C(=O)Nc2ccccc2)[C@H](c2ccc(N(C)C)cc2)n2ncnc2N1. The van der Waals surface area contributed by atoms with Crippen molar-refractivity contribution in [3.05, 3.63) is 77.8 Å². The second kappa shape index (κ2) is 7.19. The lowest BCUT2D eigenvalue weighted by Gasteiger charge is -2.29. The van der Waals surface area contributed by atoms with Crippen molar-refractivity contribution in [1.29, 1.82) is 0 Å². The molecule has 2 N–H and O–H groups in total. The Hall–Kier alpha value is -3.61. The van der Waals surface area contributed by atoms with Crippen molar-refractivity contribution in [2.24, 2.45) is 0 Å². The van der Waals surface area contributed by atoms with E-state index in [2.05, 4.69) is 20.7 Å². The van der Waals surface area contributed by atoms with Crippen LogP contribution in [0.25, 0.3) is 0 Å². The number of nitrogens with zero attached hydrogens (tertiary/aromatic N) is 4. The number of nitrogens with one attached hydrogen (secondary N) is 2. The molecule has 0 unspecified atom stereocenters. The molecule has 28 heavy (non-hydrogen) atoms. The second-order valence-electron chi connectivity index (χ2n) is 6.90. The van der Waals surface area contributed by atoms with Crippen LogP contribution in [0.3, 0.4) is 0 Å². The van der Waals surface area contributed by atoms with Gasteiger partial charge in [0.25, 0.3) is 5.91 Å². The van der Waals surface area contributed by atoms with E-state index >= 15 is 0 Å². The number of aromatic nitrogens is 3. The van der Waals surface area contributed by atoms with Gasteiger partial charge in [-0.1, -0.05) is 30.3 Å². The maximum absolute atomic E-state index is 13.2. The number of allylic oxidation sites excluding steroid dienone is 1. The zero-order chi connectivity index (χ0) is 19.7. The van der Waals surface area contributed by atoms with Crippen LogP contribution < -0.4 is 15.5 Å². The van der Waals surface area contributed by atoms with Gasteiger partial charge in [-0.25, -0.2) is 4.68 Å². The minimum atomic E-state index is -0.362. The molecule has 1 aromatic heterocycles. The van der Waals surface area contributed by atoms with E-state index in [0.29, 0.717) is 11.5 Å². The fourth-order valence-corrected chi connectivity index (χ4v) is 3.37. The van der Waals surface area contributed by atoms with Crippen molar-refractivity contribution in [3.63, 3.8) is 0 Å². The highest BCUT2D eigenvalue weighted by Crippen LogP contribution is 2.35. The van der Waals surface area contributed by atoms with Gasteiger partial charge in [-0.3, -0.25) is 4.79 Å². The summed E-state index contributed by atoms with van der Waals surface area (Å²) in [6.07, 6.45) is 1.49. The minimum Gasteiger partial charge on any atom is -0.378 e. The molecule has 2 heterocycles. The van der Waals surface area contributed by atoms with E-state index in [9.17, 15) is 4.79 Å². The van der Waals surface area contributed by atoms with Gasteiger partial charge in [0, 0.05) is 31.2 Å². The quantitative estimate of drug-likeness (QED) is 0.733. The molecule has 1 atom stereocenters. The van der Waals surface area contributed by atoms with E-state index in [-0.39, 0.29) is 11.9 Å². The standard InChI is InChI=1S/C21H22N6O/c1-14-18(20(28)25-16-7-5-4-6-8-16)19(27-21(24-14)22-13-23-27)15-9-11-17(12-10-15)26(2)3/h4-13,19H,1-3H3,(H,25,28)(H,22,23,24)/t19-/m0/s1. The van der Waals surface area contributed by atoms with Gasteiger partial charge in [0.15, 0.2) is 0 Å². The van der Waals surface area contributed by atoms with Crippen LogP contribution in [0.4, 0.5) is 17.3 Å². The summed E-state index contributed by atoms with van der Waals surface area (Å²) in [4.78, 5) is 19.5. The van der Waals surface area contributed by atoms with E-state index in [0.717, 1.165) is 22.6 Å². The topological polar surface area (TPSA) is 75.1 Å². The Bertz CT molecular complexity index is 1020. The monoisotopic (exact) mass is 374 g/mol. The Morgan fingerprint density at radius 3 is 2.50 bits per heavy atom. The first-order chi connectivity index (χ1) is 13.5. The third-order valence-corrected chi connectivity index (χ3v) is 4.80. The predicted molar refractivity (Wildman–Crippen MR) is 110 cm³/mol. The van der Waals surface area contributed by atoms with Crippen molar-refractivity contribution in [2.75, 3.05) is 29.6 Å². The lowest BCUT2D eigenvalue weighted by Crippen LogP contribution is -2.31. The van der Waals surface area contributed by atoms with E-state index in [4.69, 9.17) is 0 Å². The minimum absolute atomic E-state index is 0.168. The Morgan fingerprint density at radius 2 is 1.82 bits per heavy atom. The number of fused-ring (bicyclic) bond motifs is 1. The van der Waals surface area contributed by atoms with E-state index in [1.54, 1.807) is 4.68 Å². The van der Waals surface area contributed by atoms with E-state index in [1.807, 2.05) is 80.5 Å². The number of carbonyl (C=O) groups is 1. The summed E-state index contributed by atoms with van der Waals surface area (Å²) in [5.41, 5.74) is 4.18. The molecule has 7 heteroatoms. The number of hydrogen-bond acceptors (Lipinski definition) is 5. The molecule has 0 aliphatic carbocycles. The summed E-state index contributed by atoms with van der Waals surface area (Å²) < 4.78 is 1.75. The van der Waals surface area contributed by atoms with Crippen LogP contribution >= 0.6 is 0 Å². The van der Waals surface area contributed by atoms with Crippen LogP contribution in [0, 0.1) is 0 Å². The molecular weight excluding hydrogens is 352 g/mol. The normalized spacial score (nSPS) is 15.6. The first kappa shape index (κ1) is 17.8. The van der Waals surface area contributed by atoms with Crippen molar-refractivity contribution < 1.29 is 4.79 Å². The van der Waals surface area contributed by atoms with E-state index in [1.165, 1.54) is 6.33 Å². The molecule has 1 aliphatic rings. The molecule has 1 amide bonds. The molecule has 0 saturated heterocycles. The fourth-order valence-electron chi connectivity index (χ4n) is 3.37. The summed E-state index contributed by atoms with van der Waals surface area (Å²) in [5, 5.41) is 10.5. The van der Waals surface area contributed by atoms with Gasteiger partial charge in [0.05, 0.1) is 5.57 Å². The fraction of sp³-hybridized carbons (Fsp3) is 0.190. The van der Waals surface area contributed by atoms with Gasteiger partial charge in [-0.05, 0) is 36.8 Å². The Balaban J connectivity index is 1.75. The molecule has 0 fully saturated rings. The summed E-state index contributed by atoms with van der Waals surface area (Å²) in [6, 6.07) is 17.2. The predicted octanol–water partition coefficient (Wildman–Crippen LogP) is 3.27. The molecular formula is C21H22N6O. The van der Waals surface area contributed by atoms with Gasteiger partial charge < -0.3 is 15.5 Å². The van der Waals surface area contributed by atoms with Gasteiger partial charge in [-0.2, -0.15) is 10.1 Å². The van der Waals surface area contributed by atoms with Crippen molar-refractivity contribution in [3.8, 4) is 0 Å². The molecule has 1 aliphatic heterocycles. The van der Waals surface area contributed by atoms with Crippen molar-refractivity contribution in [2.45, 2.75) is 13.0 Å². The van der Waals surface area contributed by atoms with Crippen LogP contribution in [-0.2, 0) is 4.79 Å². The smallest absolute Gasteiger partial charge is 0.255 e. The van der Waals surface area contributed by atoms with Crippen LogP contribution in [0.1, 0.15) is 18.5 Å². The molecule has 142 valence electrons. The molecule has 0 radical (unpaired) electrons. The third-order valence-electron chi connectivity index (χ3n) is 4.80. The molecule has 4 rings (SSSR count). The highest BCUT2D eigenvalue weighted by atomic mass is 16.1. The summed E-state index contributed by atoms with van der Waals surface area (Å²) in [5.74, 6) is 0.453. The first-order valence-electron chi connectivity index (χ1n) is 9.05. The average Bonchev–Trinajstić information content (AvgIpc) is 3.15. The lowest BCUT2D eigenvalue weighted by molar-refractivity contribution is -0.113. The molecule has 3 aromatic rings. The number of para-hydroxylation sites is 1. The zero-order valence-corrected chi connectivity index (χ0v) is 16.0. The highest BCUT2D eigenvalue weighted by Gasteiger charge is 2.33. The number of carbonyl (C=O) groups excluding carboxylic acids is 1. The Kier molecular flexibility index (Phi) is 4.57. The van der Waals surface area contributed by atoms with Gasteiger partial charge in [-0.15, -0.1) is 0 Å². The van der Waals surface area contributed by atoms with Crippen molar-refractivity contribution in [1.82, 2.24) is 14.8 Å². The van der Waals surface area contributed by atoms with Crippen LogP contribution in [-0.4, -0.2) is 34.8 Å². The third kappa shape index (κ3) is 3.22. The molecule has 2 aromatic carbocycles. The van der Waals surface area contributed by atoms with Gasteiger partial charge in [0.1, 0.15) is 12.4 Å².